The number of anilines is 1. The predicted molar refractivity (Wildman–Crippen MR) is 97.3 cm³/mol. The second-order valence-electron chi connectivity index (χ2n) is 5.75. The molecule has 6 nitrogen and oxygen atoms in total. The van der Waals surface area contributed by atoms with Crippen molar-refractivity contribution in [2.45, 2.75) is 26.4 Å². The Morgan fingerprint density at radius 3 is 2.50 bits per heavy atom. The molecular weight excluding hydrogens is 334 g/mol. The van der Waals surface area contributed by atoms with Crippen LogP contribution in [0.4, 0.5) is 5.69 Å². The quantitative estimate of drug-likeness (QED) is 0.610. The number of benzene rings is 2. The molecule has 2 aromatic carbocycles. The van der Waals surface area contributed by atoms with Crippen LogP contribution in [0, 0.1) is 0 Å². The molecule has 0 spiro atoms. The Morgan fingerprint density at radius 2 is 1.81 bits per heavy atom. The molecule has 0 aliphatic carbocycles. The number of ketones is 1. The molecule has 0 heterocycles. The molecule has 1 atom stereocenters. The maximum absolute atomic E-state index is 12.2. The minimum atomic E-state index is -0.974. The summed E-state index contributed by atoms with van der Waals surface area (Å²) in [4.78, 5) is 35.7. The smallest absolute Gasteiger partial charge is 0.311 e. The van der Waals surface area contributed by atoms with Crippen LogP contribution < -0.4 is 10.1 Å². The number of esters is 1. The lowest BCUT2D eigenvalue weighted by Crippen LogP contribution is -2.30. The summed E-state index contributed by atoms with van der Waals surface area (Å²) >= 11 is 0. The molecule has 0 radical (unpaired) electrons. The van der Waals surface area contributed by atoms with Gasteiger partial charge in [-0.15, -0.1) is 0 Å². The highest BCUT2D eigenvalue weighted by atomic mass is 16.5. The fourth-order valence-electron chi connectivity index (χ4n) is 2.36. The van der Waals surface area contributed by atoms with E-state index in [1.807, 2.05) is 0 Å². The molecule has 1 amide bonds. The maximum atomic E-state index is 12.2. The lowest BCUT2D eigenvalue weighted by atomic mass is 10.1. The molecule has 0 aliphatic rings. The van der Waals surface area contributed by atoms with Gasteiger partial charge in [-0.2, -0.15) is 0 Å². The van der Waals surface area contributed by atoms with Crippen molar-refractivity contribution in [3.8, 4) is 5.75 Å². The van der Waals surface area contributed by atoms with Crippen molar-refractivity contribution in [1.82, 2.24) is 0 Å². The van der Waals surface area contributed by atoms with Crippen molar-refractivity contribution in [2.75, 3.05) is 12.4 Å². The Hall–Kier alpha value is -3.15. The van der Waals surface area contributed by atoms with Gasteiger partial charge in [-0.1, -0.05) is 30.3 Å². The van der Waals surface area contributed by atoms with Gasteiger partial charge < -0.3 is 14.8 Å². The molecule has 0 aliphatic heterocycles. The van der Waals surface area contributed by atoms with E-state index in [4.69, 9.17) is 9.47 Å². The van der Waals surface area contributed by atoms with Gasteiger partial charge in [-0.3, -0.25) is 14.4 Å². The molecule has 1 unspecified atom stereocenters. The van der Waals surface area contributed by atoms with Crippen LogP contribution in [-0.2, 0) is 20.7 Å². The van der Waals surface area contributed by atoms with Crippen molar-refractivity contribution in [2.24, 2.45) is 0 Å². The van der Waals surface area contributed by atoms with E-state index < -0.39 is 18.0 Å². The van der Waals surface area contributed by atoms with Crippen molar-refractivity contribution in [3.63, 3.8) is 0 Å². The SMILES string of the molecule is COc1ccccc1CC(=O)OC(C)C(=O)Nc1cccc(C(C)=O)c1. The summed E-state index contributed by atoms with van der Waals surface area (Å²) in [5.41, 5.74) is 1.64. The van der Waals surface area contributed by atoms with Gasteiger partial charge in [0.05, 0.1) is 13.5 Å². The first-order valence-electron chi connectivity index (χ1n) is 8.14. The zero-order valence-corrected chi connectivity index (χ0v) is 14.9. The third-order valence-electron chi connectivity index (χ3n) is 3.74. The first-order chi connectivity index (χ1) is 12.4. The van der Waals surface area contributed by atoms with E-state index in [2.05, 4.69) is 5.32 Å². The van der Waals surface area contributed by atoms with Gasteiger partial charge in [-0.05, 0) is 32.0 Å². The van der Waals surface area contributed by atoms with Crippen LogP contribution in [0.3, 0.4) is 0 Å². The third-order valence-corrected chi connectivity index (χ3v) is 3.74. The topological polar surface area (TPSA) is 81.7 Å². The lowest BCUT2D eigenvalue weighted by molar-refractivity contribution is -0.152. The van der Waals surface area contributed by atoms with E-state index in [1.54, 1.807) is 48.5 Å². The summed E-state index contributed by atoms with van der Waals surface area (Å²) in [5, 5.41) is 2.64. The summed E-state index contributed by atoms with van der Waals surface area (Å²) in [5.74, 6) is -0.520. The Labute approximate surface area is 152 Å². The van der Waals surface area contributed by atoms with Crippen LogP contribution in [0.15, 0.2) is 48.5 Å². The fourth-order valence-corrected chi connectivity index (χ4v) is 2.36. The predicted octanol–water partition coefficient (Wildman–Crippen LogP) is 3.01. The molecule has 6 heteroatoms. The molecule has 26 heavy (non-hydrogen) atoms. The first-order valence-corrected chi connectivity index (χ1v) is 8.14. The van der Waals surface area contributed by atoms with E-state index in [9.17, 15) is 14.4 Å². The van der Waals surface area contributed by atoms with Crippen LogP contribution >= 0.6 is 0 Å². The number of para-hydroxylation sites is 1. The summed E-state index contributed by atoms with van der Waals surface area (Å²) in [6, 6.07) is 13.7. The highest BCUT2D eigenvalue weighted by Crippen LogP contribution is 2.18. The Morgan fingerprint density at radius 1 is 1.08 bits per heavy atom. The summed E-state index contributed by atoms with van der Waals surface area (Å²) in [6.45, 7) is 2.94. The molecule has 0 saturated heterocycles. The molecule has 0 aromatic heterocycles. The Bertz CT molecular complexity index is 815. The standard InChI is InChI=1S/C20H21NO5/c1-13(22)15-8-6-9-17(11-15)21-20(24)14(2)26-19(23)12-16-7-4-5-10-18(16)25-3/h4-11,14H,12H2,1-3H3,(H,21,24). The average molecular weight is 355 g/mol. The zero-order valence-electron chi connectivity index (χ0n) is 14.9. The van der Waals surface area contributed by atoms with Gasteiger partial charge in [-0.25, -0.2) is 0 Å². The van der Waals surface area contributed by atoms with Gasteiger partial charge in [0.15, 0.2) is 11.9 Å². The number of nitrogens with one attached hydrogen (secondary N) is 1. The summed E-state index contributed by atoms with van der Waals surface area (Å²) < 4.78 is 10.4. The van der Waals surface area contributed by atoms with E-state index in [0.29, 0.717) is 22.6 Å². The molecule has 0 fully saturated rings. The van der Waals surface area contributed by atoms with Crippen molar-refractivity contribution >= 4 is 23.3 Å². The van der Waals surface area contributed by atoms with Crippen LogP contribution in [0.1, 0.15) is 29.8 Å². The van der Waals surface area contributed by atoms with Crippen molar-refractivity contribution in [1.29, 1.82) is 0 Å². The van der Waals surface area contributed by atoms with E-state index in [1.165, 1.54) is 21.0 Å². The maximum Gasteiger partial charge on any atom is 0.311 e. The summed E-state index contributed by atoms with van der Waals surface area (Å²) in [6.07, 6.45) is -0.972. The number of carbonyl (C=O) groups excluding carboxylic acids is 3. The Kier molecular flexibility index (Phi) is 6.49. The van der Waals surface area contributed by atoms with Crippen LogP contribution in [0.2, 0.25) is 0 Å². The minimum absolute atomic E-state index is 0.00144. The van der Waals surface area contributed by atoms with Crippen molar-refractivity contribution in [3.05, 3.63) is 59.7 Å². The van der Waals surface area contributed by atoms with Crippen LogP contribution in [0.5, 0.6) is 5.75 Å². The molecule has 0 saturated carbocycles. The second-order valence-corrected chi connectivity index (χ2v) is 5.75. The molecule has 2 rings (SSSR count). The second kappa shape index (κ2) is 8.80. The first kappa shape index (κ1) is 19.2. The largest absolute Gasteiger partial charge is 0.496 e. The molecule has 136 valence electrons. The number of methoxy groups -OCH3 is 1. The third kappa shape index (κ3) is 5.17. The number of Topliss-reactive ketones (excluding diaryl/α,β-unsaturated/α-hetero) is 1. The number of carbonyl (C=O) groups is 3. The number of amides is 1. The average Bonchev–Trinajstić information content (AvgIpc) is 2.62. The lowest BCUT2D eigenvalue weighted by Gasteiger charge is -2.14. The van der Waals surface area contributed by atoms with Crippen LogP contribution in [0.25, 0.3) is 0 Å². The van der Waals surface area contributed by atoms with Gasteiger partial charge in [0, 0.05) is 16.8 Å². The fraction of sp³-hybridized carbons (Fsp3) is 0.250. The molecule has 0 bridgehead atoms. The zero-order chi connectivity index (χ0) is 19.1. The number of hydrogen-bond acceptors (Lipinski definition) is 5. The monoisotopic (exact) mass is 355 g/mol. The van der Waals surface area contributed by atoms with Gasteiger partial charge in [0.2, 0.25) is 0 Å². The van der Waals surface area contributed by atoms with Gasteiger partial charge in [0.25, 0.3) is 5.91 Å². The van der Waals surface area contributed by atoms with E-state index >= 15 is 0 Å². The van der Waals surface area contributed by atoms with Gasteiger partial charge in [0.1, 0.15) is 5.75 Å². The van der Waals surface area contributed by atoms with Crippen LogP contribution in [-0.4, -0.2) is 30.9 Å². The highest BCUT2D eigenvalue weighted by molar-refractivity contribution is 5.98. The van der Waals surface area contributed by atoms with E-state index in [-0.39, 0.29) is 12.2 Å². The van der Waals surface area contributed by atoms with E-state index in [0.717, 1.165) is 0 Å². The number of ether oxygens (including phenoxy) is 2. The number of rotatable bonds is 7. The number of hydrogen-bond donors (Lipinski definition) is 1. The van der Waals surface area contributed by atoms with Crippen molar-refractivity contribution < 1.29 is 23.9 Å². The molecule has 1 N–H and O–H groups in total. The minimum Gasteiger partial charge on any atom is -0.496 e. The summed E-state index contributed by atoms with van der Waals surface area (Å²) in [7, 11) is 1.52. The highest BCUT2D eigenvalue weighted by Gasteiger charge is 2.19. The molecular formula is C20H21NO5. The van der Waals surface area contributed by atoms with Gasteiger partial charge >= 0.3 is 5.97 Å². The molecule has 2 aromatic rings. The Balaban J connectivity index is 1.95. The normalized spacial score (nSPS) is 11.3.